The molecule has 0 fully saturated rings. The Morgan fingerprint density at radius 1 is 0.437 bits per heavy atom. The number of pyridine rings is 2. The summed E-state index contributed by atoms with van der Waals surface area (Å²) in [6.07, 6.45) is -8.89. The van der Waals surface area contributed by atoms with Gasteiger partial charge in [0.25, 0.3) is 17.7 Å². The van der Waals surface area contributed by atoms with Crippen LogP contribution in [0.4, 0.5) is 38.0 Å². The SMILES string of the molecule is C.C.CN(Cc1ccccc1)C[C@@H](N)c1ccccc1.CN(Cc1ccccc1)C[C@@H](NC(=O)c1ccc2nc(NC(=O)c3ccccc3-c3ccc(C(F)(F)F)cc3)ccc2c1)c1ccccc1.Cl.Cl.O=C(O)c1ccc2nc(NC(=O)c3ccccc3-c3ccc(C(F)(F)F)cc3)ccc2c1. The number of halogens is 8. The number of hydrogen-bond donors (Lipinski definition) is 5. The predicted octanol–water partition coefficient (Wildman–Crippen LogP) is 19.6. The van der Waals surface area contributed by atoms with Crippen molar-refractivity contribution in [3.8, 4) is 22.3 Å². The quantitative estimate of drug-likeness (QED) is 0.0489. The zero-order valence-electron chi connectivity index (χ0n) is 54.6. The van der Waals surface area contributed by atoms with Gasteiger partial charge >= 0.3 is 18.3 Å². The fourth-order valence-electron chi connectivity index (χ4n) is 11.1. The van der Waals surface area contributed by atoms with Crippen LogP contribution in [0.25, 0.3) is 44.1 Å². The third-order valence-corrected chi connectivity index (χ3v) is 16.1. The summed E-state index contributed by atoms with van der Waals surface area (Å²) < 4.78 is 77.7. The van der Waals surface area contributed by atoms with Gasteiger partial charge < -0.3 is 31.7 Å². The van der Waals surface area contributed by atoms with E-state index in [1.807, 2.05) is 79.8 Å². The lowest BCUT2D eigenvalue weighted by Gasteiger charge is -2.25. The van der Waals surface area contributed by atoms with Crippen molar-refractivity contribution < 1.29 is 50.6 Å². The Morgan fingerprint density at radius 2 is 0.806 bits per heavy atom. The van der Waals surface area contributed by atoms with Crippen molar-refractivity contribution in [1.82, 2.24) is 25.1 Å². The Labute approximate surface area is 607 Å². The van der Waals surface area contributed by atoms with E-state index in [4.69, 9.17) is 10.8 Å². The number of alkyl halides is 6. The zero-order chi connectivity index (χ0) is 70.1. The Hall–Kier alpha value is -11.1. The molecule has 3 amide bonds. The van der Waals surface area contributed by atoms with Gasteiger partial charge in [0.15, 0.2) is 0 Å². The van der Waals surface area contributed by atoms with Gasteiger partial charge in [-0.3, -0.25) is 19.3 Å². The Kier molecular flexibility index (Phi) is 29.5. The minimum absolute atomic E-state index is 0. The van der Waals surface area contributed by atoms with Crippen LogP contribution in [-0.2, 0) is 25.4 Å². The van der Waals surface area contributed by atoms with Gasteiger partial charge in [-0.05, 0) is 156 Å². The summed E-state index contributed by atoms with van der Waals surface area (Å²) in [7, 11) is 4.14. The van der Waals surface area contributed by atoms with E-state index in [0.29, 0.717) is 67.5 Å². The number of aromatic carboxylic acids is 1. The summed E-state index contributed by atoms with van der Waals surface area (Å²) in [5, 5.41) is 19.1. The van der Waals surface area contributed by atoms with E-state index in [1.165, 1.54) is 53.1 Å². The predicted molar refractivity (Wildman–Crippen MR) is 404 cm³/mol. The number of nitrogens with two attached hydrogens (primary N) is 1. The first kappa shape index (κ1) is 80.9. The molecule has 0 saturated heterocycles. The van der Waals surface area contributed by atoms with E-state index >= 15 is 0 Å². The van der Waals surface area contributed by atoms with Crippen molar-refractivity contribution in [3.63, 3.8) is 0 Å². The standard InChI is InChI=1S/C40H33F3N4O2.C24H15F3N2O3.C16H20N2.2CH4.2ClH/c1-47(25-27-10-4-2-5-11-27)26-36(29-12-6-3-7-13-29)45-38(48)31-18-22-35-30(24-31)19-23-37(44-35)46-39(49)34-15-9-8-14-33(34)28-16-20-32(21-17-28)40(41,42)43;25-24(26,27)17-9-5-14(6-10-17)18-3-1-2-4-19(18)22(30)29-21-12-8-15-13-16(23(31)32)7-11-20(15)28-21;1-18(12-14-8-4-2-5-9-14)13-16(17)15-10-6-3-7-11-15;;;;/h2-24,36H,25-26H2,1H3,(H,45,48)(H,44,46,49);1-13H,(H,31,32)(H,28,29,30);2-11,16H,12-13,17H2,1H3;2*1H4;2*1H/t36-;;16-;;;;/m1.1..../s1. The molecule has 2 aromatic heterocycles. The maximum Gasteiger partial charge on any atom is 0.416 e. The maximum absolute atomic E-state index is 13.5. The van der Waals surface area contributed by atoms with Crippen LogP contribution in [0.1, 0.15) is 102 Å². The first-order valence-electron chi connectivity index (χ1n) is 31.4. The average Bonchev–Trinajstić information content (AvgIpc) is 0.815. The number of carboxylic acid groups (broad SMARTS) is 1. The molecular formula is C82H78Cl2F6N8O5. The summed E-state index contributed by atoms with van der Waals surface area (Å²) in [5.74, 6) is -1.65. The molecule has 12 rings (SSSR count). The molecule has 0 spiro atoms. The zero-order valence-corrected chi connectivity index (χ0v) is 56.2. The molecule has 6 N–H and O–H groups in total. The number of anilines is 2. The van der Waals surface area contributed by atoms with E-state index in [2.05, 4.69) is 91.3 Å². The molecule has 0 bridgehead atoms. The number of benzene rings is 10. The van der Waals surface area contributed by atoms with Gasteiger partial charge in [0.2, 0.25) is 0 Å². The Morgan fingerprint density at radius 3 is 1.22 bits per heavy atom. The second kappa shape index (κ2) is 37.6. The molecule has 12 aromatic rings. The molecular weight excluding hydrogens is 1360 g/mol. The van der Waals surface area contributed by atoms with Gasteiger partial charge in [-0.15, -0.1) is 24.8 Å². The molecule has 0 aliphatic heterocycles. The molecule has 532 valence electrons. The highest BCUT2D eigenvalue weighted by molar-refractivity contribution is 6.10. The van der Waals surface area contributed by atoms with Crippen LogP contribution in [0.5, 0.6) is 0 Å². The van der Waals surface area contributed by atoms with Crippen LogP contribution in [0.15, 0.2) is 279 Å². The van der Waals surface area contributed by atoms with E-state index in [1.54, 1.807) is 97.1 Å². The van der Waals surface area contributed by atoms with E-state index in [0.717, 1.165) is 49.5 Å². The van der Waals surface area contributed by atoms with Gasteiger partial charge in [-0.2, -0.15) is 26.3 Å². The molecule has 13 nitrogen and oxygen atoms in total. The number of carbonyl (C=O) groups excluding carboxylic acids is 3. The van der Waals surface area contributed by atoms with Crippen molar-refractivity contribution >= 4 is 81.9 Å². The minimum atomic E-state index is -4.45. The molecule has 103 heavy (non-hydrogen) atoms. The molecule has 2 atom stereocenters. The summed E-state index contributed by atoms with van der Waals surface area (Å²) in [6, 6.07) is 79.4. The second-order valence-corrected chi connectivity index (χ2v) is 23.5. The van der Waals surface area contributed by atoms with Crippen molar-refractivity contribution in [3.05, 3.63) is 335 Å². The normalized spacial score (nSPS) is 11.5. The largest absolute Gasteiger partial charge is 0.478 e. The number of aromatic nitrogens is 2. The van der Waals surface area contributed by atoms with Crippen LogP contribution in [0.2, 0.25) is 0 Å². The summed E-state index contributed by atoms with van der Waals surface area (Å²) in [5.41, 5.74) is 13.5. The third-order valence-electron chi connectivity index (χ3n) is 16.1. The number of hydrogen-bond acceptors (Lipinski definition) is 9. The molecule has 21 heteroatoms. The van der Waals surface area contributed by atoms with Gasteiger partial charge in [0.1, 0.15) is 11.6 Å². The number of rotatable bonds is 19. The van der Waals surface area contributed by atoms with Crippen molar-refractivity contribution in [2.24, 2.45) is 5.73 Å². The first-order valence-corrected chi connectivity index (χ1v) is 31.4. The number of carbonyl (C=O) groups is 4. The number of carboxylic acids is 1. The molecule has 0 radical (unpaired) electrons. The highest BCUT2D eigenvalue weighted by atomic mass is 35.5. The minimum Gasteiger partial charge on any atom is -0.478 e. The van der Waals surface area contributed by atoms with Gasteiger partial charge in [0.05, 0.1) is 33.8 Å². The fraction of sp³-hybridized carbons (Fsp3) is 0.146. The summed E-state index contributed by atoms with van der Waals surface area (Å²) in [6.45, 7) is 3.13. The van der Waals surface area contributed by atoms with Crippen LogP contribution < -0.4 is 21.7 Å². The topological polar surface area (TPSA) is 183 Å². The number of likely N-dealkylation sites (N-methyl/N-ethyl adjacent to an activating group) is 2. The van der Waals surface area contributed by atoms with Crippen LogP contribution in [0, 0.1) is 0 Å². The molecule has 0 aliphatic rings. The number of nitrogens with zero attached hydrogens (tertiary/aromatic N) is 4. The highest BCUT2D eigenvalue weighted by Gasteiger charge is 2.31. The molecule has 10 aromatic carbocycles. The number of fused-ring (bicyclic) bond motifs is 2. The Bertz CT molecular complexity index is 4740. The second-order valence-electron chi connectivity index (χ2n) is 23.5. The summed E-state index contributed by atoms with van der Waals surface area (Å²) >= 11 is 0. The first-order chi connectivity index (χ1) is 47.6. The van der Waals surface area contributed by atoms with Crippen LogP contribution >= 0.6 is 24.8 Å². The summed E-state index contributed by atoms with van der Waals surface area (Å²) in [4.78, 5) is 64.2. The lowest BCUT2D eigenvalue weighted by atomic mass is 9.98. The smallest absolute Gasteiger partial charge is 0.416 e. The van der Waals surface area contributed by atoms with Crippen LogP contribution in [-0.4, -0.2) is 75.8 Å². The average molecular weight is 1440 g/mol. The number of nitrogens with one attached hydrogen (secondary N) is 3. The monoisotopic (exact) mass is 1440 g/mol. The molecule has 2 heterocycles. The van der Waals surface area contributed by atoms with E-state index in [9.17, 15) is 45.5 Å². The molecule has 0 aliphatic carbocycles. The van der Waals surface area contributed by atoms with Crippen LogP contribution in [0.3, 0.4) is 0 Å². The van der Waals surface area contributed by atoms with E-state index in [-0.39, 0.29) is 74.6 Å². The molecule has 0 unspecified atom stereocenters. The van der Waals surface area contributed by atoms with Crippen molar-refractivity contribution in [2.45, 2.75) is 52.4 Å². The lowest BCUT2D eigenvalue weighted by molar-refractivity contribution is -0.138. The Balaban J connectivity index is 0.000000265. The van der Waals surface area contributed by atoms with E-state index < -0.39 is 41.3 Å². The fourth-order valence-corrected chi connectivity index (χ4v) is 11.1. The maximum atomic E-state index is 13.5. The third kappa shape index (κ3) is 22.5. The number of amides is 3. The van der Waals surface area contributed by atoms with Gasteiger partial charge in [-0.1, -0.05) is 197 Å². The lowest BCUT2D eigenvalue weighted by Crippen LogP contribution is -2.36. The van der Waals surface area contributed by atoms with Gasteiger partial charge in [0, 0.05) is 59.7 Å². The van der Waals surface area contributed by atoms with Gasteiger partial charge in [-0.25, -0.2) is 14.8 Å². The highest BCUT2D eigenvalue weighted by Crippen LogP contribution is 2.34. The van der Waals surface area contributed by atoms with Crippen molar-refractivity contribution in [1.29, 1.82) is 0 Å². The van der Waals surface area contributed by atoms with Crippen molar-refractivity contribution in [2.75, 3.05) is 37.8 Å². The molecule has 0 saturated carbocycles.